The summed E-state index contributed by atoms with van der Waals surface area (Å²) in [5.74, 6) is 0.153. The summed E-state index contributed by atoms with van der Waals surface area (Å²) in [6.45, 7) is 8.51. The summed E-state index contributed by atoms with van der Waals surface area (Å²) in [5, 5.41) is 0.763. The predicted octanol–water partition coefficient (Wildman–Crippen LogP) is 7.45. The van der Waals surface area contributed by atoms with Crippen molar-refractivity contribution in [2.45, 2.75) is 59.4 Å². The summed E-state index contributed by atoms with van der Waals surface area (Å²) in [6.07, 6.45) is 6.50. The Labute approximate surface area is 234 Å². The topological polar surface area (TPSA) is 63.9 Å². The maximum Gasteiger partial charge on any atom is 0.338 e. The summed E-state index contributed by atoms with van der Waals surface area (Å²) in [7, 11) is 0. The summed E-state index contributed by atoms with van der Waals surface area (Å²) in [4.78, 5) is 33.5. The zero-order valence-corrected chi connectivity index (χ0v) is 23.8. The molecule has 6 nitrogen and oxygen atoms in total. The molecular weight excluding hydrogens is 506 g/mol. The molecule has 1 saturated carbocycles. The van der Waals surface area contributed by atoms with Crippen molar-refractivity contribution >= 4 is 40.6 Å². The van der Waals surface area contributed by atoms with Crippen molar-refractivity contribution in [1.29, 1.82) is 0 Å². The van der Waals surface area contributed by atoms with Crippen LogP contribution in [0.25, 0.3) is 11.8 Å². The average Bonchev–Trinajstić information content (AvgIpc) is 3.39. The number of aryl methyl sites for hydroxylation is 1. The fourth-order valence-corrected chi connectivity index (χ4v) is 6.62. The van der Waals surface area contributed by atoms with Crippen molar-refractivity contribution in [2.24, 2.45) is 10.9 Å². The molecule has 0 N–H and O–H groups in total. The van der Waals surface area contributed by atoms with E-state index in [-0.39, 0.29) is 17.9 Å². The third kappa shape index (κ3) is 5.59. The first-order chi connectivity index (χ1) is 18.9. The Bertz CT molecular complexity index is 1420. The van der Waals surface area contributed by atoms with Gasteiger partial charge in [0.1, 0.15) is 0 Å². The van der Waals surface area contributed by atoms with Crippen LogP contribution < -0.4 is 0 Å². The first-order valence-electron chi connectivity index (χ1n) is 13.7. The summed E-state index contributed by atoms with van der Waals surface area (Å²) in [5.41, 5.74) is 5.41. The lowest BCUT2D eigenvalue weighted by atomic mass is 9.85. The van der Waals surface area contributed by atoms with Gasteiger partial charge in [0.15, 0.2) is 5.17 Å². The first kappa shape index (κ1) is 27.0. The number of benzene rings is 2. The summed E-state index contributed by atoms with van der Waals surface area (Å²) >= 11 is 1.47. The van der Waals surface area contributed by atoms with Gasteiger partial charge in [0.25, 0.3) is 5.91 Å². The molecule has 2 heterocycles. The van der Waals surface area contributed by atoms with Crippen LogP contribution in [0.15, 0.2) is 70.6 Å². The van der Waals surface area contributed by atoms with Crippen molar-refractivity contribution in [1.82, 2.24) is 9.47 Å². The maximum atomic E-state index is 13.9. The zero-order valence-electron chi connectivity index (χ0n) is 23.0. The van der Waals surface area contributed by atoms with E-state index >= 15 is 0 Å². The van der Waals surface area contributed by atoms with E-state index in [1.165, 1.54) is 18.2 Å². The Balaban J connectivity index is 1.48. The number of carbonyl (C=O) groups is 2. The van der Waals surface area contributed by atoms with Crippen molar-refractivity contribution in [3.8, 4) is 5.69 Å². The SMILES string of the molecule is CCOC(=O)c1ccc(-n2c(C)cc(/C=C3\SC(=Nc4ccccc4)N([C@H]4CCCC[C@H]4C)C3=O)c2C)cc1. The van der Waals surface area contributed by atoms with E-state index in [0.717, 1.165) is 52.8 Å². The van der Waals surface area contributed by atoms with Gasteiger partial charge in [-0.25, -0.2) is 9.79 Å². The molecule has 1 aliphatic heterocycles. The van der Waals surface area contributed by atoms with Crippen LogP contribution in [-0.2, 0) is 9.53 Å². The molecule has 5 rings (SSSR count). The molecule has 1 aromatic heterocycles. The Morgan fingerprint density at radius 2 is 1.79 bits per heavy atom. The molecule has 3 aromatic rings. The van der Waals surface area contributed by atoms with Gasteiger partial charge in [-0.3, -0.25) is 9.69 Å². The number of aromatic nitrogens is 1. The summed E-state index contributed by atoms with van der Waals surface area (Å²) < 4.78 is 7.26. The van der Waals surface area contributed by atoms with Gasteiger partial charge in [-0.1, -0.05) is 38.0 Å². The molecule has 0 radical (unpaired) electrons. The number of para-hydroxylation sites is 1. The monoisotopic (exact) mass is 541 g/mol. The number of carbonyl (C=O) groups excluding carboxylic acids is 2. The third-order valence-corrected chi connectivity index (χ3v) is 8.59. The van der Waals surface area contributed by atoms with E-state index in [1.54, 1.807) is 19.1 Å². The molecule has 0 unspecified atom stereocenters. The number of hydrogen-bond acceptors (Lipinski definition) is 5. The second-order valence-corrected chi connectivity index (χ2v) is 11.3. The van der Waals surface area contributed by atoms with Gasteiger partial charge in [-0.2, -0.15) is 0 Å². The molecule has 1 aliphatic carbocycles. The van der Waals surface area contributed by atoms with Gasteiger partial charge in [0, 0.05) is 23.1 Å². The highest BCUT2D eigenvalue weighted by Gasteiger charge is 2.41. The minimum atomic E-state index is -0.322. The number of thioether (sulfide) groups is 1. The quantitative estimate of drug-likeness (QED) is 0.240. The number of esters is 1. The van der Waals surface area contributed by atoms with E-state index in [1.807, 2.05) is 53.4 Å². The molecule has 2 fully saturated rings. The molecule has 2 aliphatic rings. The lowest BCUT2D eigenvalue weighted by Gasteiger charge is -2.35. The molecule has 7 heteroatoms. The van der Waals surface area contributed by atoms with E-state index in [4.69, 9.17) is 9.73 Å². The van der Waals surface area contributed by atoms with Crippen LogP contribution in [-0.4, -0.2) is 39.2 Å². The van der Waals surface area contributed by atoms with Crippen LogP contribution in [0.1, 0.15) is 66.8 Å². The highest BCUT2D eigenvalue weighted by molar-refractivity contribution is 8.18. The smallest absolute Gasteiger partial charge is 0.338 e. The van der Waals surface area contributed by atoms with E-state index in [0.29, 0.717) is 23.0 Å². The largest absolute Gasteiger partial charge is 0.462 e. The van der Waals surface area contributed by atoms with Gasteiger partial charge < -0.3 is 9.30 Å². The van der Waals surface area contributed by atoms with Crippen LogP contribution in [0.3, 0.4) is 0 Å². The first-order valence-corrected chi connectivity index (χ1v) is 14.5. The molecule has 2 aromatic carbocycles. The second-order valence-electron chi connectivity index (χ2n) is 10.3. The Kier molecular flexibility index (Phi) is 8.07. The van der Waals surface area contributed by atoms with Crippen LogP contribution in [0, 0.1) is 19.8 Å². The van der Waals surface area contributed by atoms with Crippen molar-refractivity contribution in [2.75, 3.05) is 6.61 Å². The number of hydrogen-bond donors (Lipinski definition) is 0. The van der Waals surface area contributed by atoms with Crippen LogP contribution in [0.5, 0.6) is 0 Å². The van der Waals surface area contributed by atoms with E-state index in [2.05, 4.69) is 31.4 Å². The highest BCUT2D eigenvalue weighted by Crippen LogP contribution is 2.40. The molecule has 39 heavy (non-hydrogen) atoms. The molecule has 0 spiro atoms. The van der Waals surface area contributed by atoms with E-state index < -0.39 is 0 Å². The van der Waals surface area contributed by atoms with Gasteiger partial charge in [-0.15, -0.1) is 0 Å². The van der Waals surface area contributed by atoms with Gasteiger partial charge in [-0.05, 0) is 105 Å². The molecule has 0 bridgehead atoms. The molecule has 1 amide bonds. The number of ether oxygens (including phenoxy) is 1. The molecule has 202 valence electrons. The number of amidine groups is 1. The van der Waals surface area contributed by atoms with Gasteiger partial charge in [0.2, 0.25) is 0 Å². The van der Waals surface area contributed by atoms with Crippen LogP contribution >= 0.6 is 11.8 Å². The Hall–Kier alpha value is -3.58. The fraction of sp³-hybridized carbons (Fsp3) is 0.344. The second kappa shape index (κ2) is 11.7. The summed E-state index contributed by atoms with van der Waals surface area (Å²) in [6, 6.07) is 19.6. The number of amides is 1. The third-order valence-electron chi connectivity index (χ3n) is 7.61. The molecular formula is C32H35N3O3S. The number of aliphatic imine (C=N–C) groups is 1. The van der Waals surface area contributed by atoms with Crippen molar-refractivity contribution in [3.05, 3.63) is 88.1 Å². The minimum absolute atomic E-state index is 0.0389. The zero-order chi connectivity index (χ0) is 27.5. The van der Waals surface area contributed by atoms with Gasteiger partial charge in [0.05, 0.1) is 22.8 Å². The molecule has 2 atom stereocenters. The maximum absolute atomic E-state index is 13.9. The number of nitrogens with zero attached hydrogens (tertiary/aromatic N) is 3. The number of rotatable bonds is 6. The van der Waals surface area contributed by atoms with Crippen molar-refractivity contribution < 1.29 is 14.3 Å². The highest BCUT2D eigenvalue weighted by atomic mass is 32.2. The Morgan fingerprint density at radius 1 is 1.08 bits per heavy atom. The van der Waals surface area contributed by atoms with Crippen LogP contribution in [0.2, 0.25) is 0 Å². The normalized spacial score (nSPS) is 21.6. The fourth-order valence-electron chi connectivity index (χ4n) is 5.58. The lowest BCUT2D eigenvalue weighted by Crippen LogP contribution is -2.44. The standard InChI is InChI=1S/C32H35N3O3S/c1-5-38-31(37)24-15-17-27(18-16-24)34-22(3)19-25(23(34)4)20-29-30(36)35(28-14-10-9-11-21(28)2)32(39-29)33-26-12-7-6-8-13-26/h6-8,12-13,15-21,28H,5,9-11,14H2,1-4H3/b29-20-,33-32?/t21-,28+/m1/s1. The average molecular weight is 542 g/mol. The van der Waals surface area contributed by atoms with Crippen molar-refractivity contribution in [3.63, 3.8) is 0 Å². The Morgan fingerprint density at radius 3 is 2.49 bits per heavy atom. The lowest BCUT2D eigenvalue weighted by molar-refractivity contribution is -0.124. The minimum Gasteiger partial charge on any atom is -0.462 e. The van der Waals surface area contributed by atoms with Crippen LogP contribution in [0.4, 0.5) is 5.69 Å². The van der Waals surface area contributed by atoms with Gasteiger partial charge >= 0.3 is 5.97 Å². The predicted molar refractivity (Wildman–Crippen MR) is 159 cm³/mol. The molecule has 1 saturated heterocycles. The van der Waals surface area contributed by atoms with E-state index in [9.17, 15) is 9.59 Å².